The maximum Gasteiger partial charge on any atom is -0.0386 e. The predicted octanol–water partition coefficient (Wildman–Crippen LogP) is 6.49. The fraction of sp³-hybridized carbons (Fsp3) is 1.00. The third-order valence-electron chi connectivity index (χ3n) is 5.47. The van der Waals surface area contributed by atoms with E-state index in [2.05, 4.69) is 0 Å². The Labute approximate surface area is 115 Å². The minimum Gasteiger partial charge on any atom is -0.0533 e. The summed E-state index contributed by atoms with van der Waals surface area (Å²) in [6.45, 7) is 0. The molecule has 0 N–H and O–H groups in total. The third kappa shape index (κ3) is 5.33. The Balaban J connectivity index is 1.88. The van der Waals surface area contributed by atoms with Gasteiger partial charge in [0.05, 0.1) is 0 Å². The van der Waals surface area contributed by atoms with Gasteiger partial charge in [0.15, 0.2) is 0 Å². The smallest absolute Gasteiger partial charge is 0.0386 e. The fourth-order valence-corrected chi connectivity index (χ4v) is 4.27. The SMILES string of the molecule is C1CCCCC2CCCCCCCCC2CCC1. The summed E-state index contributed by atoms with van der Waals surface area (Å²) in [5.41, 5.74) is 0. The first kappa shape index (κ1) is 14.4. The second-order valence-electron chi connectivity index (χ2n) is 6.92. The number of hydrogen-bond donors (Lipinski definition) is 0. The van der Waals surface area contributed by atoms with Crippen LogP contribution in [0.4, 0.5) is 0 Å². The summed E-state index contributed by atoms with van der Waals surface area (Å²) in [5, 5.41) is 0. The summed E-state index contributed by atoms with van der Waals surface area (Å²) in [4.78, 5) is 0. The molecule has 18 heavy (non-hydrogen) atoms. The molecule has 0 unspecified atom stereocenters. The van der Waals surface area contributed by atoms with E-state index in [1.54, 1.807) is 25.7 Å². The average molecular weight is 250 g/mol. The highest BCUT2D eigenvalue weighted by atomic mass is 14.3. The highest BCUT2D eigenvalue weighted by Gasteiger charge is 2.21. The summed E-state index contributed by atoms with van der Waals surface area (Å²) in [5.74, 6) is 2.20. The molecule has 0 aliphatic heterocycles. The molecule has 2 rings (SSSR count). The zero-order valence-electron chi connectivity index (χ0n) is 12.5. The molecule has 0 nitrogen and oxygen atoms in total. The highest BCUT2D eigenvalue weighted by molar-refractivity contribution is 4.73. The molecule has 0 radical (unpaired) electrons. The molecule has 0 atom stereocenters. The maximum absolute atomic E-state index is 1.56. The lowest BCUT2D eigenvalue weighted by atomic mass is 9.77. The molecule has 0 aromatic carbocycles. The monoisotopic (exact) mass is 250 g/mol. The van der Waals surface area contributed by atoms with Gasteiger partial charge in [0.1, 0.15) is 0 Å². The van der Waals surface area contributed by atoms with Crippen LogP contribution < -0.4 is 0 Å². The summed E-state index contributed by atoms with van der Waals surface area (Å²) < 4.78 is 0. The van der Waals surface area contributed by atoms with Crippen molar-refractivity contribution >= 4 is 0 Å². The molecule has 2 fully saturated rings. The van der Waals surface area contributed by atoms with Gasteiger partial charge in [0.2, 0.25) is 0 Å². The van der Waals surface area contributed by atoms with Gasteiger partial charge in [-0.25, -0.2) is 0 Å². The normalized spacial score (nSPS) is 33.3. The van der Waals surface area contributed by atoms with Gasteiger partial charge in [0.25, 0.3) is 0 Å². The fourth-order valence-electron chi connectivity index (χ4n) is 4.27. The van der Waals surface area contributed by atoms with E-state index >= 15 is 0 Å². The Morgan fingerprint density at radius 2 is 0.500 bits per heavy atom. The van der Waals surface area contributed by atoms with E-state index in [9.17, 15) is 0 Å². The molecule has 0 spiro atoms. The van der Waals surface area contributed by atoms with Crippen molar-refractivity contribution in [2.45, 2.75) is 103 Å². The Bertz CT molecular complexity index is 154. The first-order valence-corrected chi connectivity index (χ1v) is 8.97. The quantitative estimate of drug-likeness (QED) is 0.461. The van der Waals surface area contributed by atoms with Crippen LogP contribution in [0.25, 0.3) is 0 Å². The van der Waals surface area contributed by atoms with E-state index in [1.165, 1.54) is 77.0 Å². The van der Waals surface area contributed by atoms with Gasteiger partial charge < -0.3 is 0 Å². The van der Waals surface area contributed by atoms with Crippen LogP contribution in [-0.2, 0) is 0 Å². The van der Waals surface area contributed by atoms with Crippen LogP contribution in [0.15, 0.2) is 0 Å². The number of rotatable bonds is 0. The lowest BCUT2D eigenvalue weighted by molar-refractivity contribution is 0.227. The Kier molecular flexibility index (Phi) is 7.20. The van der Waals surface area contributed by atoms with E-state index in [0.29, 0.717) is 0 Å². The molecule has 0 bridgehead atoms. The van der Waals surface area contributed by atoms with Gasteiger partial charge in [-0.15, -0.1) is 0 Å². The van der Waals surface area contributed by atoms with E-state index in [0.717, 1.165) is 11.8 Å². The summed E-state index contributed by atoms with van der Waals surface area (Å²) >= 11 is 0. The van der Waals surface area contributed by atoms with Crippen molar-refractivity contribution in [2.24, 2.45) is 11.8 Å². The van der Waals surface area contributed by atoms with Crippen LogP contribution in [0.1, 0.15) is 103 Å². The Hall–Kier alpha value is 0. The van der Waals surface area contributed by atoms with Crippen LogP contribution in [-0.4, -0.2) is 0 Å². The molecule has 2 aliphatic carbocycles. The van der Waals surface area contributed by atoms with Crippen LogP contribution >= 0.6 is 0 Å². The molecule has 0 saturated heterocycles. The van der Waals surface area contributed by atoms with Crippen molar-refractivity contribution in [1.29, 1.82) is 0 Å². The molecule has 106 valence electrons. The van der Waals surface area contributed by atoms with E-state index in [-0.39, 0.29) is 0 Å². The average Bonchev–Trinajstić information content (AvgIpc) is 2.41. The van der Waals surface area contributed by atoms with Crippen LogP contribution in [0, 0.1) is 11.8 Å². The molecule has 2 aliphatic rings. The van der Waals surface area contributed by atoms with E-state index in [1.807, 2.05) is 0 Å². The van der Waals surface area contributed by atoms with E-state index in [4.69, 9.17) is 0 Å². The lowest BCUT2D eigenvalue weighted by Crippen LogP contribution is -2.17. The molecule has 0 amide bonds. The Morgan fingerprint density at radius 3 is 0.778 bits per heavy atom. The van der Waals surface area contributed by atoms with Crippen molar-refractivity contribution in [1.82, 2.24) is 0 Å². The van der Waals surface area contributed by atoms with Gasteiger partial charge in [0, 0.05) is 0 Å². The minimum atomic E-state index is 1.10. The van der Waals surface area contributed by atoms with Gasteiger partial charge >= 0.3 is 0 Å². The first-order valence-electron chi connectivity index (χ1n) is 8.97. The second-order valence-corrected chi connectivity index (χ2v) is 6.92. The van der Waals surface area contributed by atoms with Crippen molar-refractivity contribution in [3.05, 3.63) is 0 Å². The van der Waals surface area contributed by atoms with Crippen LogP contribution in [0.2, 0.25) is 0 Å². The van der Waals surface area contributed by atoms with Gasteiger partial charge in [-0.1, -0.05) is 103 Å². The second kappa shape index (κ2) is 8.99. The zero-order valence-corrected chi connectivity index (χ0v) is 12.5. The van der Waals surface area contributed by atoms with Crippen LogP contribution in [0.5, 0.6) is 0 Å². The summed E-state index contributed by atoms with van der Waals surface area (Å²) in [6, 6.07) is 0. The maximum atomic E-state index is 1.56. The highest BCUT2D eigenvalue weighted by Crippen LogP contribution is 2.35. The Morgan fingerprint density at radius 1 is 0.278 bits per heavy atom. The number of hydrogen-bond acceptors (Lipinski definition) is 0. The molecule has 0 heterocycles. The summed E-state index contributed by atoms with van der Waals surface area (Å²) in [7, 11) is 0. The molecule has 2 saturated carbocycles. The zero-order chi connectivity index (χ0) is 12.5. The van der Waals surface area contributed by atoms with Gasteiger partial charge in [-0.2, -0.15) is 0 Å². The van der Waals surface area contributed by atoms with Gasteiger partial charge in [-0.3, -0.25) is 0 Å². The molecular formula is C18H34. The third-order valence-corrected chi connectivity index (χ3v) is 5.47. The topological polar surface area (TPSA) is 0 Å². The lowest BCUT2D eigenvalue weighted by Gasteiger charge is -2.29. The molecular weight excluding hydrogens is 216 g/mol. The molecule has 0 aromatic heterocycles. The largest absolute Gasteiger partial charge is 0.0533 e. The summed E-state index contributed by atoms with van der Waals surface area (Å²) in [6.07, 6.45) is 24.5. The van der Waals surface area contributed by atoms with Crippen molar-refractivity contribution in [3.63, 3.8) is 0 Å². The van der Waals surface area contributed by atoms with Crippen molar-refractivity contribution in [2.75, 3.05) is 0 Å². The minimum absolute atomic E-state index is 1.10. The van der Waals surface area contributed by atoms with Crippen LogP contribution in [0.3, 0.4) is 0 Å². The van der Waals surface area contributed by atoms with Crippen molar-refractivity contribution < 1.29 is 0 Å². The van der Waals surface area contributed by atoms with Gasteiger partial charge in [-0.05, 0) is 11.8 Å². The van der Waals surface area contributed by atoms with Crippen molar-refractivity contribution in [3.8, 4) is 0 Å². The standard InChI is InChI=1S/C18H34/c1-2-6-10-14-18-16-12-8-4-3-7-11-15-17(18)13-9-5-1/h17-18H,1-16H2. The molecule has 0 heteroatoms. The molecule has 0 aromatic rings. The number of fused-ring (bicyclic) bond motifs is 1. The van der Waals surface area contributed by atoms with E-state index < -0.39 is 0 Å². The predicted molar refractivity (Wildman–Crippen MR) is 80.9 cm³/mol. The first-order chi connectivity index (χ1) is 8.97.